The molecule has 2 N–H and O–H groups in total. The van der Waals surface area contributed by atoms with Gasteiger partial charge >= 0.3 is 0 Å². The molecule has 0 amide bonds. The lowest BCUT2D eigenvalue weighted by Crippen LogP contribution is -2.60. The molecule has 0 bridgehead atoms. The Hall–Kier alpha value is -4.09. The molecule has 11 heteroatoms. The van der Waals surface area contributed by atoms with Crippen LogP contribution in [0.1, 0.15) is 22.5 Å². The third-order valence-corrected chi connectivity index (χ3v) is 9.21. The summed E-state index contributed by atoms with van der Waals surface area (Å²) in [5, 5.41) is 14.7. The first-order valence-electron chi connectivity index (χ1n) is 15.4. The molecule has 2 unspecified atom stereocenters. The minimum Gasteiger partial charge on any atom is -0.369 e. The Morgan fingerprint density at radius 1 is 0.659 bits per heavy atom. The van der Waals surface area contributed by atoms with Crippen molar-refractivity contribution in [3.8, 4) is 0 Å². The second kappa shape index (κ2) is 13.3. The number of aromatic amines is 2. The summed E-state index contributed by atoms with van der Waals surface area (Å²) in [6, 6.07) is 12.6. The van der Waals surface area contributed by atoms with Crippen LogP contribution in [0.4, 0.5) is 20.2 Å². The molecule has 2 aliphatic rings. The van der Waals surface area contributed by atoms with Crippen LogP contribution in [-0.2, 0) is 17.6 Å². The summed E-state index contributed by atoms with van der Waals surface area (Å²) in [7, 11) is 0. The number of aromatic nitrogens is 4. The Kier molecular flexibility index (Phi) is 9.04. The zero-order valence-corrected chi connectivity index (χ0v) is 25.3. The van der Waals surface area contributed by atoms with Gasteiger partial charge in [0.25, 0.3) is 0 Å². The third-order valence-electron chi connectivity index (χ3n) is 9.21. The SMILES string of the molecule is Cc1cn[nH]c1CC(C(=O)C(Cc1[nH]ncc1C)N1CCN(c2ccc(F)cc2)CC1)N1CCN(c2ccc(F)cc2)CC1. The van der Waals surface area contributed by atoms with E-state index in [2.05, 4.69) is 40.0 Å². The average Bonchev–Trinajstić information content (AvgIpc) is 3.65. The van der Waals surface area contributed by atoms with E-state index in [1.165, 1.54) is 24.3 Å². The Morgan fingerprint density at radius 3 is 1.34 bits per heavy atom. The van der Waals surface area contributed by atoms with Crippen LogP contribution in [-0.4, -0.2) is 100 Å². The second-order valence-electron chi connectivity index (χ2n) is 11.9. The van der Waals surface area contributed by atoms with Crippen molar-refractivity contribution in [2.45, 2.75) is 38.8 Å². The summed E-state index contributed by atoms with van der Waals surface area (Å²) in [4.78, 5) is 24.0. The monoisotopic (exact) mass is 602 g/mol. The Bertz CT molecular complexity index is 1410. The molecular formula is C33H40F2N8O. The number of nitrogens with one attached hydrogen (secondary N) is 2. The van der Waals surface area contributed by atoms with E-state index in [1.807, 2.05) is 50.5 Å². The number of piperazine rings is 2. The topological polar surface area (TPSA) is 87.4 Å². The largest absolute Gasteiger partial charge is 0.369 e. The van der Waals surface area contributed by atoms with Gasteiger partial charge in [-0.3, -0.25) is 24.8 Å². The van der Waals surface area contributed by atoms with Gasteiger partial charge in [0.1, 0.15) is 11.6 Å². The summed E-state index contributed by atoms with van der Waals surface area (Å²) in [6.07, 6.45) is 4.72. The van der Waals surface area contributed by atoms with Gasteiger partial charge < -0.3 is 9.80 Å². The molecule has 2 fully saturated rings. The molecule has 0 aliphatic carbocycles. The van der Waals surface area contributed by atoms with Gasteiger partial charge in [0.2, 0.25) is 0 Å². The molecule has 4 aromatic rings. The van der Waals surface area contributed by atoms with Gasteiger partial charge in [-0.1, -0.05) is 0 Å². The van der Waals surface area contributed by atoms with Crippen LogP contribution in [0.15, 0.2) is 60.9 Å². The average molecular weight is 603 g/mol. The Morgan fingerprint density at radius 2 is 1.02 bits per heavy atom. The molecule has 232 valence electrons. The number of ketones is 1. The van der Waals surface area contributed by atoms with Crippen LogP contribution in [0.25, 0.3) is 0 Å². The fourth-order valence-electron chi connectivity index (χ4n) is 6.47. The van der Waals surface area contributed by atoms with Gasteiger partial charge in [-0.2, -0.15) is 10.2 Å². The maximum Gasteiger partial charge on any atom is 0.167 e. The highest BCUT2D eigenvalue weighted by atomic mass is 19.1. The highest BCUT2D eigenvalue weighted by Crippen LogP contribution is 2.24. The number of H-pyrrole nitrogens is 2. The summed E-state index contributed by atoms with van der Waals surface area (Å²) >= 11 is 0. The van der Waals surface area contributed by atoms with Crippen molar-refractivity contribution in [3.63, 3.8) is 0 Å². The van der Waals surface area contributed by atoms with Gasteiger partial charge in [0, 0.05) is 88.0 Å². The fourth-order valence-corrected chi connectivity index (χ4v) is 6.47. The number of hydrogen-bond donors (Lipinski definition) is 2. The lowest BCUT2D eigenvalue weighted by Gasteiger charge is -2.43. The van der Waals surface area contributed by atoms with Crippen molar-refractivity contribution >= 4 is 17.2 Å². The number of hydrogen-bond acceptors (Lipinski definition) is 7. The lowest BCUT2D eigenvalue weighted by molar-refractivity contribution is -0.130. The number of carbonyl (C=O) groups excluding carboxylic acids is 1. The van der Waals surface area contributed by atoms with Gasteiger partial charge in [-0.25, -0.2) is 8.78 Å². The fraction of sp³-hybridized carbons (Fsp3) is 0.424. The molecule has 4 heterocycles. The van der Waals surface area contributed by atoms with Crippen molar-refractivity contribution < 1.29 is 13.6 Å². The standard InChI is InChI=1S/C33H40F2N8O/c1-23-21-36-38-29(23)19-31(42-15-11-40(12-16-42)27-7-3-25(34)4-8-27)33(44)32(20-30-24(2)22-37-39-30)43-17-13-41(14-18-43)28-9-5-26(35)6-10-28/h3-10,21-22,31-32H,11-20H2,1-2H3,(H,36,38)(H,37,39). The highest BCUT2D eigenvalue weighted by Gasteiger charge is 2.38. The predicted molar refractivity (Wildman–Crippen MR) is 167 cm³/mol. The molecular weight excluding hydrogens is 562 g/mol. The molecule has 2 aromatic heterocycles. The third kappa shape index (κ3) is 6.68. The zero-order chi connectivity index (χ0) is 30.6. The number of anilines is 2. The van der Waals surface area contributed by atoms with Crippen molar-refractivity contribution in [2.24, 2.45) is 0 Å². The Labute approximate surface area is 256 Å². The van der Waals surface area contributed by atoms with E-state index in [0.29, 0.717) is 12.8 Å². The predicted octanol–water partition coefficient (Wildman–Crippen LogP) is 3.76. The smallest absolute Gasteiger partial charge is 0.167 e. The molecule has 0 saturated carbocycles. The summed E-state index contributed by atoms with van der Waals surface area (Å²) < 4.78 is 27.1. The first-order chi connectivity index (χ1) is 21.4. The summed E-state index contributed by atoms with van der Waals surface area (Å²) in [5.41, 5.74) is 6.02. The van der Waals surface area contributed by atoms with E-state index >= 15 is 0 Å². The van der Waals surface area contributed by atoms with Crippen LogP contribution in [0, 0.1) is 25.5 Å². The van der Waals surface area contributed by atoms with E-state index < -0.39 is 0 Å². The normalized spacial score (nSPS) is 18.0. The van der Waals surface area contributed by atoms with Crippen molar-refractivity contribution in [1.29, 1.82) is 0 Å². The second-order valence-corrected chi connectivity index (χ2v) is 11.9. The first-order valence-corrected chi connectivity index (χ1v) is 15.4. The molecule has 2 saturated heterocycles. The van der Waals surface area contributed by atoms with Gasteiger partial charge in [-0.05, 0) is 73.5 Å². The summed E-state index contributed by atoms with van der Waals surface area (Å²) in [5.74, 6) is -0.298. The van der Waals surface area contributed by atoms with Crippen LogP contribution in [0.5, 0.6) is 0 Å². The summed E-state index contributed by atoms with van der Waals surface area (Å²) in [6.45, 7) is 9.90. The molecule has 0 radical (unpaired) electrons. The molecule has 2 aromatic carbocycles. The quantitative estimate of drug-likeness (QED) is 0.286. The molecule has 44 heavy (non-hydrogen) atoms. The molecule has 9 nitrogen and oxygen atoms in total. The molecule has 2 atom stereocenters. The number of halogens is 2. The van der Waals surface area contributed by atoms with E-state index in [1.54, 1.807) is 0 Å². The van der Waals surface area contributed by atoms with E-state index in [9.17, 15) is 13.6 Å². The van der Waals surface area contributed by atoms with Crippen molar-refractivity contribution in [3.05, 3.63) is 95.1 Å². The maximum absolute atomic E-state index is 14.8. The Balaban J connectivity index is 1.23. The highest BCUT2D eigenvalue weighted by molar-refractivity contribution is 5.89. The van der Waals surface area contributed by atoms with E-state index in [-0.39, 0.29) is 29.5 Å². The van der Waals surface area contributed by atoms with E-state index in [0.717, 1.165) is 86.2 Å². The van der Waals surface area contributed by atoms with Crippen LogP contribution in [0.3, 0.4) is 0 Å². The molecule has 2 aliphatic heterocycles. The lowest BCUT2D eigenvalue weighted by atomic mass is 9.92. The maximum atomic E-state index is 14.8. The van der Waals surface area contributed by atoms with Gasteiger partial charge in [0.05, 0.1) is 24.5 Å². The number of carbonyl (C=O) groups is 1. The molecule has 6 rings (SSSR count). The van der Waals surface area contributed by atoms with Crippen LogP contribution in [0.2, 0.25) is 0 Å². The minimum atomic E-state index is -0.340. The zero-order valence-electron chi connectivity index (χ0n) is 25.3. The van der Waals surface area contributed by atoms with E-state index in [4.69, 9.17) is 0 Å². The molecule has 0 spiro atoms. The number of benzene rings is 2. The van der Waals surface area contributed by atoms with Crippen molar-refractivity contribution in [1.82, 2.24) is 30.2 Å². The number of aryl methyl sites for hydroxylation is 2. The number of nitrogens with zero attached hydrogens (tertiary/aromatic N) is 6. The van der Waals surface area contributed by atoms with Gasteiger partial charge in [0.15, 0.2) is 5.78 Å². The van der Waals surface area contributed by atoms with Crippen molar-refractivity contribution in [2.75, 3.05) is 62.2 Å². The number of rotatable bonds is 10. The first kappa shape index (κ1) is 30.0. The number of Topliss-reactive ketones (excluding diaryl/α,β-unsaturated/α-hetero) is 1. The van der Waals surface area contributed by atoms with Crippen LogP contribution < -0.4 is 9.80 Å². The van der Waals surface area contributed by atoms with Crippen LogP contribution >= 0.6 is 0 Å². The van der Waals surface area contributed by atoms with Gasteiger partial charge in [-0.15, -0.1) is 0 Å². The minimum absolute atomic E-state index is 0.193.